The number of nitrogens with zero attached hydrogens (tertiary/aromatic N) is 2. The van der Waals surface area contributed by atoms with Crippen LogP contribution in [-0.2, 0) is 11.0 Å². The maximum absolute atomic E-state index is 12.9. The summed E-state index contributed by atoms with van der Waals surface area (Å²) in [6.07, 6.45) is -1.43. The summed E-state index contributed by atoms with van der Waals surface area (Å²) in [6.45, 7) is 4.72. The highest BCUT2D eigenvalue weighted by molar-refractivity contribution is 6.07. The summed E-state index contributed by atoms with van der Waals surface area (Å²) >= 11 is 0. The molecule has 1 N–H and O–H groups in total. The molecule has 24 heavy (non-hydrogen) atoms. The van der Waals surface area contributed by atoms with Gasteiger partial charge >= 0.3 is 6.18 Å². The molecule has 0 aliphatic rings. The number of carbonyl (C=O) groups excluding carboxylic acids is 1. The summed E-state index contributed by atoms with van der Waals surface area (Å²) in [6, 6.07) is 5.07. The molecule has 0 atom stereocenters. The van der Waals surface area contributed by atoms with Gasteiger partial charge in [0.05, 0.1) is 23.1 Å². The van der Waals surface area contributed by atoms with E-state index >= 15 is 0 Å². The molecule has 7 heteroatoms. The quantitative estimate of drug-likeness (QED) is 0.839. The van der Waals surface area contributed by atoms with Crippen LogP contribution < -0.4 is 5.32 Å². The van der Waals surface area contributed by atoms with E-state index in [-0.39, 0.29) is 11.6 Å². The summed E-state index contributed by atoms with van der Waals surface area (Å²) < 4.78 is 38.6. The molecule has 4 nitrogen and oxygen atoms in total. The first-order chi connectivity index (χ1) is 11.2. The highest BCUT2D eigenvalue weighted by Gasteiger charge is 2.30. The van der Waals surface area contributed by atoms with Crippen LogP contribution in [-0.4, -0.2) is 16.6 Å². The topological polar surface area (TPSA) is 54.4 Å². The smallest absolute Gasteiger partial charge is 0.324 e. The van der Waals surface area contributed by atoms with Gasteiger partial charge in [-0.1, -0.05) is 6.07 Å². The van der Waals surface area contributed by atoms with Crippen LogP contribution in [0.4, 0.5) is 24.5 Å². The third-order valence-corrected chi connectivity index (χ3v) is 3.35. The van der Waals surface area contributed by atoms with E-state index in [0.29, 0.717) is 22.5 Å². The molecule has 2 rings (SSSR count). The van der Waals surface area contributed by atoms with Crippen molar-refractivity contribution in [2.75, 3.05) is 5.32 Å². The number of alkyl halides is 3. The van der Waals surface area contributed by atoms with Crippen molar-refractivity contribution in [2.24, 2.45) is 4.99 Å². The van der Waals surface area contributed by atoms with Gasteiger partial charge < -0.3 is 5.32 Å². The number of rotatable bonds is 3. The molecule has 0 bridgehead atoms. The van der Waals surface area contributed by atoms with Crippen molar-refractivity contribution in [3.05, 3.63) is 53.3 Å². The molecule has 0 aliphatic carbocycles. The molecule has 1 aromatic carbocycles. The zero-order valence-corrected chi connectivity index (χ0v) is 13.4. The van der Waals surface area contributed by atoms with Crippen molar-refractivity contribution in [1.29, 1.82) is 0 Å². The van der Waals surface area contributed by atoms with E-state index in [9.17, 15) is 18.0 Å². The molecule has 0 fully saturated rings. The SMILES string of the molecule is CC(=O)Nc1cnccc1C(C)=Nc1cc(C(F)(F)F)ccc1C. The van der Waals surface area contributed by atoms with Crippen LogP contribution in [0.25, 0.3) is 0 Å². The number of anilines is 1. The number of pyridine rings is 1. The minimum Gasteiger partial charge on any atom is -0.324 e. The van der Waals surface area contributed by atoms with Gasteiger partial charge in [-0.3, -0.25) is 14.8 Å². The number of aliphatic imine (C=N–C) groups is 1. The molecule has 0 saturated carbocycles. The standard InChI is InChI=1S/C17H16F3N3O/c1-10-4-5-13(17(18,19)20)8-15(10)22-11(2)14-6-7-21-9-16(14)23-12(3)24/h4-9H,1-3H3,(H,23,24). The number of nitrogens with one attached hydrogen (secondary N) is 1. The van der Waals surface area contributed by atoms with E-state index in [4.69, 9.17) is 0 Å². The maximum atomic E-state index is 12.9. The molecule has 1 heterocycles. The Labute approximate surface area is 137 Å². The Kier molecular flexibility index (Phi) is 5.02. The normalized spacial score (nSPS) is 12.2. The van der Waals surface area contributed by atoms with Gasteiger partial charge in [0.1, 0.15) is 0 Å². The van der Waals surface area contributed by atoms with E-state index < -0.39 is 11.7 Å². The predicted molar refractivity (Wildman–Crippen MR) is 86.6 cm³/mol. The van der Waals surface area contributed by atoms with Gasteiger partial charge in [0.2, 0.25) is 5.91 Å². The third kappa shape index (κ3) is 4.18. The van der Waals surface area contributed by atoms with Crippen molar-refractivity contribution in [3.8, 4) is 0 Å². The second-order valence-electron chi connectivity index (χ2n) is 5.30. The van der Waals surface area contributed by atoms with Crippen LogP contribution in [0.5, 0.6) is 0 Å². The second-order valence-corrected chi connectivity index (χ2v) is 5.30. The summed E-state index contributed by atoms with van der Waals surface area (Å²) in [5.74, 6) is -0.271. The van der Waals surface area contributed by atoms with Crippen molar-refractivity contribution < 1.29 is 18.0 Å². The minimum absolute atomic E-state index is 0.230. The van der Waals surface area contributed by atoms with Crippen molar-refractivity contribution in [3.63, 3.8) is 0 Å². The second kappa shape index (κ2) is 6.82. The monoisotopic (exact) mass is 335 g/mol. The van der Waals surface area contributed by atoms with Gasteiger partial charge in [0.25, 0.3) is 0 Å². The number of aromatic nitrogens is 1. The number of aryl methyl sites for hydroxylation is 1. The average Bonchev–Trinajstić information content (AvgIpc) is 2.48. The van der Waals surface area contributed by atoms with E-state index in [0.717, 1.165) is 12.1 Å². The molecule has 1 amide bonds. The van der Waals surface area contributed by atoms with Gasteiger partial charge in [-0.05, 0) is 37.6 Å². The number of carbonyl (C=O) groups is 1. The van der Waals surface area contributed by atoms with Crippen molar-refractivity contribution >= 4 is 23.0 Å². The minimum atomic E-state index is -4.43. The van der Waals surface area contributed by atoms with Crippen molar-refractivity contribution in [2.45, 2.75) is 26.9 Å². The van der Waals surface area contributed by atoms with Gasteiger partial charge in [-0.2, -0.15) is 13.2 Å². The van der Waals surface area contributed by atoms with Gasteiger partial charge in [0.15, 0.2) is 0 Å². The lowest BCUT2D eigenvalue weighted by molar-refractivity contribution is -0.137. The first kappa shape index (κ1) is 17.7. The fourth-order valence-corrected chi connectivity index (χ4v) is 2.15. The van der Waals surface area contributed by atoms with E-state index in [1.807, 2.05) is 0 Å². The van der Waals surface area contributed by atoms with Crippen LogP contribution in [0, 0.1) is 6.92 Å². The molecule has 126 valence electrons. The lowest BCUT2D eigenvalue weighted by Crippen LogP contribution is -2.10. The summed E-state index contributed by atoms with van der Waals surface area (Å²) in [7, 11) is 0. The maximum Gasteiger partial charge on any atom is 0.416 e. The predicted octanol–water partition coefficient (Wildman–Crippen LogP) is 4.51. The third-order valence-electron chi connectivity index (χ3n) is 3.35. The average molecular weight is 335 g/mol. The van der Waals surface area contributed by atoms with Crippen LogP contribution in [0.2, 0.25) is 0 Å². The van der Waals surface area contributed by atoms with Gasteiger partial charge in [-0.15, -0.1) is 0 Å². The zero-order valence-electron chi connectivity index (χ0n) is 13.4. The Morgan fingerprint density at radius 1 is 1.21 bits per heavy atom. The number of benzene rings is 1. The Morgan fingerprint density at radius 2 is 1.92 bits per heavy atom. The molecule has 1 aromatic heterocycles. The molecular weight excluding hydrogens is 319 g/mol. The lowest BCUT2D eigenvalue weighted by Gasteiger charge is -2.11. The first-order valence-electron chi connectivity index (χ1n) is 7.13. The highest BCUT2D eigenvalue weighted by atomic mass is 19.4. The molecule has 0 radical (unpaired) electrons. The summed E-state index contributed by atoms with van der Waals surface area (Å²) in [5, 5.41) is 2.63. The number of hydrogen-bond acceptors (Lipinski definition) is 3. The van der Waals surface area contributed by atoms with E-state index in [1.165, 1.54) is 25.4 Å². The van der Waals surface area contributed by atoms with Crippen LogP contribution in [0.1, 0.15) is 30.5 Å². The van der Waals surface area contributed by atoms with E-state index in [1.54, 1.807) is 19.9 Å². The van der Waals surface area contributed by atoms with Gasteiger partial charge in [0, 0.05) is 24.4 Å². The Morgan fingerprint density at radius 3 is 2.54 bits per heavy atom. The first-order valence-corrected chi connectivity index (χ1v) is 7.13. The molecule has 0 spiro atoms. The summed E-state index contributed by atoms with van der Waals surface area (Å²) in [4.78, 5) is 19.5. The molecule has 0 saturated heterocycles. The summed E-state index contributed by atoms with van der Waals surface area (Å²) in [5.41, 5.74) is 1.62. The number of halogens is 3. The molecule has 0 aliphatic heterocycles. The van der Waals surface area contributed by atoms with Gasteiger partial charge in [-0.25, -0.2) is 0 Å². The Hall–Kier alpha value is -2.70. The van der Waals surface area contributed by atoms with Crippen LogP contribution in [0.3, 0.4) is 0 Å². The van der Waals surface area contributed by atoms with E-state index in [2.05, 4.69) is 15.3 Å². The Bertz CT molecular complexity index is 798. The van der Waals surface area contributed by atoms with Crippen LogP contribution >= 0.6 is 0 Å². The van der Waals surface area contributed by atoms with Crippen LogP contribution in [0.15, 0.2) is 41.7 Å². The molecule has 0 unspecified atom stereocenters. The number of amides is 1. The Balaban J connectivity index is 2.47. The fourth-order valence-electron chi connectivity index (χ4n) is 2.15. The lowest BCUT2D eigenvalue weighted by atomic mass is 10.1. The fraction of sp³-hybridized carbons (Fsp3) is 0.235. The molecular formula is C17H16F3N3O. The molecule has 2 aromatic rings. The largest absolute Gasteiger partial charge is 0.416 e. The van der Waals surface area contributed by atoms with Crippen molar-refractivity contribution in [1.82, 2.24) is 4.98 Å². The highest BCUT2D eigenvalue weighted by Crippen LogP contribution is 2.33. The zero-order chi connectivity index (χ0) is 17.9. The number of hydrogen-bond donors (Lipinski definition) is 1.